The standard InChI is InChI=1S/C16H10N6O2/c1-8-21-22-16(24-8)10-4-2-9(3-5-10)13-11(6-17)14(19)20-15(23)12(13)7-18/h2-5H,1H3,(H3,19,20,23). The number of aryl methyl sites for hydroxylation is 1. The van der Waals surface area contributed by atoms with E-state index in [9.17, 15) is 15.3 Å². The zero-order valence-corrected chi connectivity index (χ0v) is 12.5. The molecule has 8 heteroatoms. The first-order valence-electron chi connectivity index (χ1n) is 6.82. The van der Waals surface area contributed by atoms with Crippen molar-refractivity contribution in [1.82, 2.24) is 15.2 Å². The van der Waals surface area contributed by atoms with E-state index < -0.39 is 5.56 Å². The quantitative estimate of drug-likeness (QED) is 0.731. The van der Waals surface area contributed by atoms with Crippen LogP contribution in [0.3, 0.4) is 0 Å². The predicted molar refractivity (Wildman–Crippen MR) is 84.4 cm³/mol. The van der Waals surface area contributed by atoms with Gasteiger partial charge in [0.15, 0.2) is 0 Å². The lowest BCUT2D eigenvalue weighted by atomic mass is 9.96. The van der Waals surface area contributed by atoms with Crippen molar-refractivity contribution in [2.75, 3.05) is 5.73 Å². The van der Waals surface area contributed by atoms with Gasteiger partial charge in [-0.15, -0.1) is 10.2 Å². The lowest BCUT2D eigenvalue weighted by Gasteiger charge is -2.09. The minimum absolute atomic E-state index is 0.0486. The van der Waals surface area contributed by atoms with Crippen LogP contribution >= 0.6 is 0 Å². The molecule has 0 saturated heterocycles. The number of hydrogen-bond acceptors (Lipinski definition) is 7. The molecule has 0 spiro atoms. The van der Waals surface area contributed by atoms with E-state index in [4.69, 9.17) is 10.2 Å². The summed E-state index contributed by atoms with van der Waals surface area (Å²) in [5, 5.41) is 26.2. The Hall–Kier alpha value is -3.91. The summed E-state index contributed by atoms with van der Waals surface area (Å²) in [6, 6.07) is 10.5. The molecule has 3 rings (SSSR count). The maximum absolute atomic E-state index is 11.9. The molecule has 8 nitrogen and oxygen atoms in total. The number of aromatic nitrogens is 3. The van der Waals surface area contributed by atoms with Crippen molar-refractivity contribution >= 4 is 5.82 Å². The van der Waals surface area contributed by atoms with Crippen LogP contribution in [0.5, 0.6) is 0 Å². The van der Waals surface area contributed by atoms with Gasteiger partial charge in [0.05, 0.1) is 0 Å². The summed E-state index contributed by atoms with van der Waals surface area (Å²) < 4.78 is 5.34. The third-order valence-corrected chi connectivity index (χ3v) is 3.41. The van der Waals surface area contributed by atoms with Crippen molar-refractivity contribution in [3.63, 3.8) is 0 Å². The Balaban J connectivity index is 2.18. The summed E-state index contributed by atoms with van der Waals surface area (Å²) in [6.07, 6.45) is 0. The number of nitrogens with two attached hydrogens (primary N) is 1. The molecule has 0 aliphatic rings. The molecule has 2 heterocycles. The highest BCUT2D eigenvalue weighted by Gasteiger charge is 2.18. The fraction of sp³-hybridized carbons (Fsp3) is 0.0625. The summed E-state index contributed by atoms with van der Waals surface area (Å²) in [5.41, 5.74) is 6.34. The van der Waals surface area contributed by atoms with Crippen LogP contribution in [0.2, 0.25) is 0 Å². The molecular formula is C16H10N6O2. The fourth-order valence-electron chi connectivity index (χ4n) is 2.32. The summed E-state index contributed by atoms with van der Waals surface area (Å²) in [4.78, 5) is 14.2. The first kappa shape index (κ1) is 15.0. The second-order valence-electron chi connectivity index (χ2n) is 4.92. The van der Waals surface area contributed by atoms with Crippen molar-refractivity contribution in [3.8, 4) is 34.7 Å². The van der Waals surface area contributed by atoms with Crippen LogP contribution in [0, 0.1) is 29.6 Å². The molecule has 0 saturated carbocycles. The van der Waals surface area contributed by atoms with Gasteiger partial charge in [-0.05, 0) is 17.7 Å². The highest BCUT2D eigenvalue weighted by Crippen LogP contribution is 2.29. The van der Waals surface area contributed by atoms with E-state index in [1.165, 1.54) is 0 Å². The minimum Gasteiger partial charge on any atom is -0.421 e. The predicted octanol–water partition coefficient (Wildman–Crippen LogP) is 1.73. The van der Waals surface area contributed by atoms with E-state index in [0.29, 0.717) is 22.9 Å². The number of H-pyrrole nitrogens is 1. The topological polar surface area (TPSA) is 145 Å². The first-order chi connectivity index (χ1) is 11.5. The Kier molecular flexibility index (Phi) is 3.57. The normalized spacial score (nSPS) is 10.1. The van der Waals surface area contributed by atoms with Gasteiger partial charge in [0, 0.05) is 18.1 Å². The van der Waals surface area contributed by atoms with E-state index in [2.05, 4.69) is 15.2 Å². The van der Waals surface area contributed by atoms with Gasteiger partial charge < -0.3 is 15.1 Å². The number of anilines is 1. The number of nitrogens with zero attached hydrogens (tertiary/aromatic N) is 4. The number of aromatic amines is 1. The maximum atomic E-state index is 11.9. The number of rotatable bonds is 2. The number of hydrogen-bond donors (Lipinski definition) is 2. The Morgan fingerprint density at radius 3 is 2.25 bits per heavy atom. The maximum Gasteiger partial charge on any atom is 0.268 e. The van der Waals surface area contributed by atoms with Gasteiger partial charge in [-0.3, -0.25) is 4.79 Å². The van der Waals surface area contributed by atoms with Crippen molar-refractivity contribution in [2.45, 2.75) is 6.92 Å². The van der Waals surface area contributed by atoms with Crippen LogP contribution in [0.15, 0.2) is 33.5 Å². The van der Waals surface area contributed by atoms with Gasteiger partial charge in [-0.2, -0.15) is 10.5 Å². The summed E-state index contributed by atoms with van der Waals surface area (Å²) >= 11 is 0. The SMILES string of the molecule is Cc1nnc(-c2ccc(-c3c(C#N)c(N)[nH]c(=O)c3C#N)cc2)o1. The van der Waals surface area contributed by atoms with Gasteiger partial charge in [0.25, 0.3) is 5.56 Å². The second kappa shape index (κ2) is 5.71. The average Bonchev–Trinajstić information content (AvgIpc) is 3.01. The van der Waals surface area contributed by atoms with Gasteiger partial charge in [0.2, 0.25) is 11.8 Å². The summed E-state index contributed by atoms with van der Waals surface area (Å²) in [7, 11) is 0. The molecule has 0 radical (unpaired) electrons. The van der Waals surface area contributed by atoms with Crippen molar-refractivity contribution in [3.05, 3.63) is 51.6 Å². The molecule has 0 atom stereocenters. The number of nitriles is 2. The Bertz CT molecular complexity index is 1060. The molecule has 3 N–H and O–H groups in total. The number of pyridine rings is 1. The van der Waals surface area contributed by atoms with Crippen molar-refractivity contribution < 1.29 is 4.42 Å². The molecule has 1 aromatic carbocycles. The number of benzene rings is 1. The minimum atomic E-state index is -0.638. The van der Waals surface area contributed by atoms with Crippen LogP contribution < -0.4 is 11.3 Å². The lowest BCUT2D eigenvalue weighted by Crippen LogP contribution is -2.16. The van der Waals surface area contributed by atoms with E-state index in [-0.39, 0.29) is 22.5 Å². The number of nitrogens with one attached hydrogen (secondary N) is 1. The molecule has 24 heavy (non-hydrogen) atoms. The molecule has 0 fully saturated rings. The lowest BCUT2D eigenvalue weighted by molar-refractivity contribution is 0.533. The highest BCUT2D eigenvalue weighted by atomic mass is 16.4. The van der Waals surface area contributed by atoms with E-state index in [1.807, 2.05) is 12.1 Å². The average molecular weight is 318 g/mol. The summed E-state index contributed by atoms with van der Waals surface area (Å²) in [5.74, 6) is 0.716. The number of nitrogen functional groups attached to an aromatic ring is 1. The second-order valence-corrected chi connectivity index (χ2v) is 4.92. The van der Waals surface area contributed by atoms with E-state index in [0.717, 1.165) is 0 Å². The first-order valence-corrected chi connectivity index (χ1v) is 6.82. The molecule has 0 unspecified atom stereocenters. The van der Waals surface area contributed by atoms with Crippen LogP contribution in [-0.2, 0) is 0 Å². The summed E-state index contributed by atoms with van der Waals surface area (Å²) in [6.45, 7) is 1.68. The monoisotopic (exact) mass is 318 g/mol. The zero-order chi connectivity index (χ0) is 17.3. The van der Waals surface area contributed by atoms with Crippen LogP contribution in [0.1, 0.15) is 17.0 Å². The molecular weight excluding hydrogens is 308 g/mol. The highest BCUT2D eigenvalue weighted by molar-refractivity contribution is 5.80. The van der Waals surface area contributed by atoms with Gasteiger partial charge in [-0.1, -0.05) is 12.1 Å². The van der Waals surface area contributed by atoms with Crippen LogP contribution in [-0.4, -0.2) is 15.2 Å². The molecule has 3 aromatic rings. The van der Waals surface area contributed by atoms with Crippen LogP contribution in [0.25, 0.3) is 22.6 Å². The molecule has 2 aromatic heterocycles. The Labute approximate surface area is 135 Å². The van der Waals surface area contributed by atoms with Gasteiger partial charge >= 0.3 is 0 Å². The van der Waals surface area contributed by atoms with E-state index in [1.54, 1.807) is 31.2 Å². The molecule has 0 aliphatic carbocycles. The fourth-order valence-corrected chi connectivity index (χ4v) is 2.32. The third-order valence-electron chi connectivity index (χ3n) is 3.41. The van der Waals surface area contributed by atoms with Crippen molar-refractivity contribution in [2.24, 2.45) is 0 Å². The largest absolute Gasteiger partial charge is 0.421 e. The van der Waals surface area contributed by atoms with Crippen LogP contribution in [0.4, 0.5) is 5.82 Å². The molecule has 0 aliphatic heterocycles. The van der Waals surface area contributed by atoms with E-state index >= 15 is 0 Å². The van der Waals surface area contributed by atoms with Gasteiger partial charge in [-0.25, -0.2) is 0 Å². The Morgan fingerprint density at radius 1 is 1.08 bits per heavy atom. The van der Waals surface area contributed by atoms with Gasteiger partial charge in [0.1, 0.15) is 29.1 Å². The molecule has 0 bridgehead atoms. The molecule has 0 amide bonds. The zero-order valence-electron chi connectivity index (χ0n) is 12.5. The smallest absolute Gasteiger partial charge is 0.268 e. The van der Waals surface area contributed by atoms with Crippen molar-refractivity contribution in [1.29, 1.82) is 10.5 Å². The molecule has 116 valence electrons. The third kappa shape index (κ3) is 2.38. The Morgan fingerprint density at radius 2 is 1.71 bits per heavy atom.